The molecule has 0 spiro atoms. The van der Waals surface area contributed by atoms with Crippen LogP contribution in [0.4, 0.5) is 19.0 Å². The maximum absolute atomic E-state index is 13.0. The highest BCUT2D eigenvalue weighted by Crippen LogP contribution is 2.34. The zero-order valence-electron chi connectivity index (χ0n) is 17.3. The van der Waals surface area contributed by atoms with Crippen molar-refractivity contribution in [2.75, 3.05) is 5.73 Å². The molecule has 164 valence electrons. The van der Waals surface area contributed by atoms with Gasteiger partial charge >= 0.3 is 6.18 Å². The molecule has 0 fully saturated rings. The minimum absolute atomic E-state index is 0.115. The second kappa shape index (κ2) is 7.78. The van der Waals surface area contributed by atoms with Crippen molar-refractivity contribution in [1.82, 2.24) is 10.2 Å². The fourth-order valence-corrected chi connectivity index (χ4v) is 4.17. The Hall–Kier alpha value is -4.13. The smallest absolute Gasteiger partial charge is 0.382 e. The number of carbonyl (C=O) groups is 1. The lowest BCUT2D eigenvalue weighted by atomic mass is 9.93. The summed E-state index contributed by atoms with van der Waals surface area (Å²) in [5.41, 5.74) is 8.74. The van der Waals surface area contributed by atoms with Crippen molar-refractivity contribution in [3.8, 4) is 11.1 Å². The molecule has 1 heterocycles. The molecule has 5 rings (SSSR count). The molecular weight excluding hydrogens is 427 g/mol. The van der Waals surface area contributed by atoms with Crippen LogP contribution in [-0.2, 0) is 12.6 Å². The first-order chi connectivity index (χ1) is 15.8. The molecule has 33 heavy (non-hydrogen) atoms. The predicted octanol–water partition coefficient (Wildman–Crippen LogP) is 6.41. The van der Waals surface area contributed by atoms with Gasteiger partial charge in [-0.15, -0.1) is 0 Å². The topological polar surface area (TPSA) is 71.8 Å². The third-order valence-corrected chi connectivity index (χ3v) is 5.73. The van der Waals surface area contributed by atoms with E-state index < -0.39 is 11.7 Å². The van der Waals surface area contributed by atoms with Gasteiger partial charge < -0.3 is 5.73 Å². The molecule has 5 aromatic rings. The quantitative estimate of drug-likeness (QED) is 0.314. The van der Waals surface area contributed by atoms with E-state index in [2.05, 4.69) is 10.2 Å². The number of anilines is 1. The third kappa shape index (κ3) is 3.82. The molecule has 0 amide bonds. The molecule has 0 atom stereocenters. The number of Topliss-reactive ketones (excluding diaryl/α,β-unsaturated/α-hetero) is 1. The summed E-state index contributed by atoms with van der Waals surface area (Å²) in [5, 5.41) is 9.40. The number of nitrogens with zero attached hydrogens (tertiary/aromatic N) is 1. The molecule has 4 nitrogen and oxygen atoms in total. The number of benzene rings is 4. The van der Waals surface area contributed by atoms with Gasteiger partial charge in [0.1, 0.15) is 0 Å². The number of nitrogen functional groups attached to an aromatic ring is 1. The van der Waals surface area contributed by atoms with Crippen LogP contribution in [0, 0.1) is 0 Å². The molecule has 0 saturated heterocycles. The van der Waals surface area contributed by atoms with E-state index >= 15 is 0 Å². The normalized spacial score (nSPS) is 11.8. The molecular formula is C26H18F3N3O. The first kappa shape index (κ1) is 20.8. The second-order valence-electron chi connectivity index (χ2n) is 7.88. The van der Waals surface area contributed by atoms with Crippen LogP contribution in [0.15, 0.2) is 78.9 Å². The Balaban J connectivity index is 1.52. The van der Waals surface area contributed by atoms with Crippen molar-refractivity contribution in [2.24, 2.45) is 0 Å². The van der Waals surface area contributed by atoms with E-state index in [4.69, 9.17) is 5.73 Å². The van der Waals surface area contributed by atoms with Gasteiger partial charge in [0, 0.05) is 12.0 Å². The van der Waals surface area contributed by atoms with Crippen LogP contribution in [0.5, 0.6) is 0 Å². The van der Waals surface area contributed by atoms with Crippen LogP contribution < -0.4 is 5.73 Å². The van der Waals surface area contributed by atoms with Gasteiger partial charge in [0.25, 0.3) is 0 Å². The van der Waals surface area contributed by atoms with Crippen molar-refractivity contribution in [3.05, 3.63) is 95.6 Å². The largest absolute Gasteiger partial charge is 0.416 e. The van der Waals surface area contributed by atoms with E-state index in [1.54, 1.807) is 12.1 Å². The summed E-state index contributed by atoms with van der Waals surface area (Å²) in [6.45, 7) is 0. The molecule has 1 aromatic heterocycles. The highest BCUT2D eigenvalue weighted by molar-refractivity contribution is 6.10. The first-order valence-electron chi connectivity index (χ1n) is 10.3. The molecule has 0 aliphatic heterocycles. The number of hydrogen-bond donors (Lipinski definition) is 2. The summed E-state index contributed by atoms with van der Waals surface area (Å²) in [7, 11) is 0. The van der Waals surface area contributed by atoms with Crippen molar-refractivity contribution in [3.63, 3.8) is 0 Å². The molecule has 0 aliphatic carbocycles. The molecule has 0 radical (unpaired) electrons. The number of fused-ring (bicyclic) bond motifs is 2. The Bertz CT molecular complexity index is 1520. The fourth-order valence-electron chi connectivity index (χ4n) is 4.17. The van der Waals surface area contributed by atoms with E-state index in [1.807, 2.05) is 42.5 Å². The van der Waals surface area contributed by atoms with Gasteiger partial charge in [-0.1, -0.05) is 60.7 Å². The summed E-state index contributed by atoms with van der Waals surface area (Å²) in [5.74, 6) is 0.166. The van der Waals surface area contributed by atoms with Crippen molar-refractivity contribution >= 4 is 33.3 Å². The van der Waals surface area contributed by atoms with Gasteiger partial charge in [0.05, 0.1) is 16.5 Å². The lowest BCUT2D eigenvalue weighted by Crippen LogP contribution is -2.08. The van der Waals surface area contributed by atoms with Gasteiger partial charge in [0.15, 0.2) is 11.6 Å². The van der Waals surface area contributed by atoms with Crippen LogP contribution in [0.2, 0.25) is 0 Å². The summed E-state index contributed by atoms with van der Waals surface area (Å²) in [6, 6.07) is 21.8. The molecule has 0 saturated carbocycles. The summed E-state index contributed by atoms with van der Waals surface area (Å²) >= 11 is 0. The zero-order valence-corrected chi connectivity index (χ0v) is 17.3. The third-order valence-electron chi connectivity index (χ3n) is 5.73. The second-order valence-corrected chi connectivity index (χ2v) is 7.88. The lowest BCUT2D eigenvalue weighted by molar-refractivity contribution is -0.137. The van der Waals surface area contributed by atoms with Gasteiger partial charge in [0.2, 0.25) is 0 Å². The summed E-state index contributed by atoms with van der Waals surface area (Å²) in [4.78, 5) is 13.0. The number of aromatic amines is 1. The average Bonchev–Trinajstić information content (AvgIpc) is 3.19. The van der Waals surface area contributed by atoms with Gasteiger partial charge in [-0.2, -0.15) is 18.3 Å². The molecule has 0 unspecified atom stereocenters. The summed E-state index contributed by atoms with van der Waals surface area (Å²) < 4.78 is 39.1. The van der Waals surface area contributed by atoms with E-state index in [9.17, 15) is 18.0 Å². The number of ketones is 1. The highest BCUT2D eigenvalue weighted by Gasteiger charge is 2.30. The number of hydrogen-bond acceptors (Lipinski definition) is 3. The van der Waals surface area contributed by atoms with Crippen LogP contribution in [0.25, 0.3) is 32.8 Å². The standard InChI is InChI=1S/C26H18F3N3O/c27-26(28,29)18-6-1-4-15(12-18)13-23(33)21-8-2-5-16-14-17(10-11-19(16)21)20-7-3-9-22-24(20)25(30)32-31-22/h1-12,14H,13H2,(H3,30,31,32). The fraction of sp³-hybridized carbons (Fsp3) is 0.0769. The van der Waals surface area contributed by atoms with Crippen molar-refractivity contribution < 1.29 is 18.0 Å². The lowest BCUT2D eigenvalue weighted by Gasteiger charge is -2.11. The van der Waals surface area contributed by atoms with E-state index in [0.29, 0.717) is 16.9 Å². The van der Waals surface area contributed by atoms with E-state index in [-0.39, 0.29) is 12.2 Å². The predicted molar refractivity (Wildman–Crippen MR) is 123 cm³/mol. The van der Waals surface area contributed by atoms with E-state index in [0.717, 1.165) is 44.9 Å². The summed E-state index contributed by atoms with van der Waals surface area (Å²) in [6.07, 6.45) is -4.56. The molecule has 0 bridgehead atoms. The number of rotatable bonds is 4. The van der Waals surface area contributed by atoms with Crippen LogP contribution >= 0.6 is 0 Å². The Labute approximate surface area is 186 Å². The van der Waals surface area contributed by atoms with Crippen molar-refractivity contribution in [1.29, 1.82) is 0 Å². The monoisotopic (exact) mass is 445 g/mol. The molecule has 7 heteroatoms. The number of nitrogens with one attached hydrogen (secondary N) is 1. The number of nitrogens with two attached hydrogens (primary N) is 1. The SMILES string of the molecule is Nc1n[nH]c2cccc(-c3ccc4c(C(=O)Cc5cccc(C(F)(F)F)c5)cccc4c3)c12. The number of H-pyrrole nitrogens is 1. The number of alkyl halides is 3. The Morgan fingerprint density at radius 3 is 2.55 bits per heavy atom. The maximum Gasteiger partial charge on any atom is 0.416 e. The minimum atomic E-state index is -4.45. The number of halogens is 3. The van der Waals surface area contributed by atoms with Gasteiger partial charge in [-0.3, -0.25) is 9.89 Å². The van der Waals surface area contributed by atoms with Gasteiger partial charge in [-0.25, -0.2) is 0 Å². The zero-order chi connectivity index (χ0) is 23.2. The van der Waals surface area contributed by atoms with E-state index in [1.165, 1.54) is 12.1 Å². The average molecular weight is 445 g/mol. The van der Waals surface area contributed by atoms with Crippen LogP contribution in [0.3, 0.4) is 0 Å². The first-order valence-corrected chi connectivity index (χ1v) is 10.3. The highest BCUT2D eigenvalue weighted by atomic mass is 19.4. The Kier molecular flexibility index (Phi) is 4.89. The van der Waals surface area contributed by atoms with Crippen LogP contribution in [0.1, 0.15) is 21.5 Å². The van der Waals surface area contributed by atoms with Crippen LogP contribution in [-0.4, -0.2) is 16.0 Å². The number of aromatic nitrogens is 2. The maximum atomic E-state index is 13.0. The minimum Gasteiger partial charge on any atom is -0.382 e. The van der Waals surface area contributed by atoms with Gasteiger partial charge in [-0.05, 0) is 45.7 Å². The Morgan fingerprint density at radius 1 is 0.939 bits per heavy atom. The molecule has 4 aromatic carbocycles. The Morgan fingerprint density at radius 2 is 1.73 bits per heavy atom. The van der Waals surface area contributed by atoms with Crippen molar-refractivity contribution in [2.45, 2.75) is 12.6 Å². The number of carbonyl (C=O) groups excluding carboxylic acids is 1. The molecule has 0 aliphatic rings. The molecule has 3 N–H and O–H groups in total.